The monoisotopic (exact) mass is 437 g/mol. The Kier molecular flexibility index (Phi) is 9.28. The van der Waals surface area contributed by atoms with Crippen LogP contribution in [-0.4, -0.2) is 56.5 Å². The number of benzene rings is 2. The molecule has 7 heteroatoms. The standard InChI is InChI=1S/C25H31N3O4/c1-3-8-22-15-21(17-26-27-24(29)18-28-11-13-30-14-12-28)16-23(31-4-2)25(22)32-19-20-9-6-5-7-10-20/h3,5-7,9-10,15-17H,1,4,8,11-14,18-19H2,2H3,(H,27,29). The molecule has 1 heterocycles. The first kappa shape index (κ1) is 23.5. The van der Waals surface area contributed by atoms with Crippen molar-refractivity contribution in [2.75, 3.05) is 39.5 Å². The Hall–Kier alpha value is -3.16. The van der Waals surface area contributed by atoms with Crippen molar-refractivity contribution in [3.8, 4) is 11.5 Å². The molecule has 2 aromatic carbocycles. The second kappa shape index (κ2) is 12.6. The van der Waals surface area contributed by atoms with Gasteiger partial charge >= 0.3 is 0 Å². The van der Waals surface area contributed by atoms with Crippen molar-refractivity contribution >= 4 is 12.1 Å². The number of hydrazone groups is 1. The van der Waals surface area contributed by atoms with Crippen LogP contribution < -0.4 is 14.9 Å². The maximum Gasteiger partial charge on any atom is 0.254 e. The summed E-state index contributed by atoms with van der Waals surface area (Å²) in [5.41, 5.74) is 5.43. The summed E-state index contributed by atoms with van der Waals surface area (Å²) in [6.45, 7) is 9.86. The molecule has 0 radical (unpaired) electrons. The zero-order chi connectivity index (χ0) is 22.6. The van der Waals surface area contributed by atoms with Gasteiger partial charge in [-0.05, 0) is 36.6 Å². The summed E-state index contributed by atoms with van der Waals surface area (Å²) in [6, 6.07) is 13.8. The molecule has 1 aliphatic rings. The first-order valence-electron chi connectivity index (χ1n) is 10.9. The van der Waals surface area contributed by atoms with Crippen molar-refractivity contribution in [2.24, 2.45) is 5.10 Å². The number of carbonyl (C=O) groups is 1. The maximum atomic E-state index is 12.1. The Morgan fingerprint density at radius 2 is 2.00 bits per heavy atom. The summed E-state index contributed by atoms with van der Waals surface area (Å²) < 4.78 is 17.3. The number of hydrogen-bond donors (Lipinski definition) is 1. The van der Waals surface area contributed by atoms with E-state index >= 15 is 0 Å². The molecular weight excluding hydrogens is 406 g/mol. The third-order valence-corrected chi connectivity index (χ3v) is 4.92. The number of carbonyl (C=O) groups excluding carboxylic acids is 1. The smallest absolute Gasteiger partial charge is 0.254 e. The van der Waals surface area contributed by atoms with E-state index in [-0.39, 0.29) is 5.91 Å². The number of hydrogen-bond acceptors (Lipinski definition) is 6. The fourth-order valence-corrected chi connectivity index (χ4v) is 3.40. The Labute approximate surface area is 189 Å². The van der Waals surface area contributed by atoms with Crippen LogP contribution in [0.25, 0.3) is 0 Å². The van der Waals surface area contributed by atoms with Gasteiger partial charge in [0, 0.05) is 18.7 Å². The number of nitrogens with zero attached hydrogens (tertiary/aromatic N) is 2. The summed E-state index contributed by atoms with van der Waals surface area (Å²) >= 11 is 0. The Bertz CT molecular complexity index is 909. The molecule has 0 spiro atoms. The van der Waals surface area contributed by atoms with Crippen molar-refractivity contribution in [3.63, 3.8) is 0 Å². The highest BCUT2D eigenvalue weighted by atomic mass is 16.5. The summed E-state index contributed by atoms with van der Waals surface area (Å²) in [4.78, 5) is 14.2. The van der Waals surface area contributed by atoms with Crippen molar-refractivity contribution < 1.29 is 19.0 Å². The van der Waals surface area contributed by atoms with E-state index in [2.05, 4.69) is 17.1 Å². The van der Waals surface area contributed by atoms with Gasteiger partial charge in [0.15, 0.2) is 11.5 Å². The molecule has 0 aliphatic carbocycles. The third kappa shape index (κ3) is 7.21. The molecule has 0 unspecified atom stereocenters. The summed E-state index contributed by atoms with van der Waals surface area (Å²) in [5, 5.41) is 4.13. The first-order chi connectivity index (χ1) is 15.7. The maximum absolute atomic E-state index is 12.1. The molecule has 32 heavy (non-hydrogen) atoms. The Morgan fingerprint density at radius 1 is 1.22 bits per heavy atom. The van der Waals surface area contributed by atoms with Crippen LogP contribution in [0.5, 0.6) is 11.5 Å². The van der Waals surface area contributed by atoms with Crippen molar-refractivity contribution in [2.45, 2.75) is 20.0 Å². The second-order valence-corrected chi connectivity index (χ2v) is 7.39. The van der Waals surface area contributed by atoms with E-state index < -0.39 is 0 Å². The molecule has 1 fully saturated rings. The van der Waals surface area contributed by atoms with E-state index in [4.69, 9.17) is 14.2 Å². The highest BCUT2D eigenvalue weighted by molar-refractivity contribution is 5.84. The molecular formula is C25H31N3O4. The van der Waals surface area contributed by atoms with Crippen molar-refractivity contribution in [1.82, 2.24) is 10.3 Å². The summed E-state index contributed by atoms with van der Waals surface area (Å²) in [7, 11) is 0. The highest BCUT2D eigenvalue weighted by Crippen LogP contribution is 2.34. The lowest BCUT2D eigenvalue weighted by atomic mass is 10.1. The minimum absolute atomic E-state index is 0.151. The average molecular weight is 438 g/mol. The van der Waals surface area contributed by atoms with E-state index in [1.54, 1.807) is 6.21 Å². The van der Waals surface area contributed by atoms with Gasteiger partial charge in [-0.1, -0.05) is 36.4 Å². The molecule has 2 aromatic rings. The van der Waals surface area contributed by atoms with E-state index in [0.29, 0.717) is 50.9 Å². The minimum atomic E-state index is -0.151. The quantitative estimate of drug-likeness (QED) is 0.332. The molecule has 7 nitrogen and oxygen atoms in total. The van der Waals surface area contributed by atoms with Crippen LogP contribution in [-0.2, 0) is 22.6 Å². The lowest BCUT2D eigenvalue weighted by molar-refractivity contribution is -0.123. The van der Waals surface area contributed by atoms with Crippen LogP contribution in [0.4, 0.5) is 0 Å². The van der Waals surface area contributed by atoms with E-state index in [1.807, 2.05) is 60.4 Å². The number of morpholine rings is 1. The zero-order valence-corrected chi connectivity index (χ0v) is 18.6. The second-order valence-electron chi connectivity index (χ2n) is 7.39. The Balaban J connectivity index is 1.70. The van der Waals surface area contributed by atoms with Crippen LogP contribution in [0.2, 0.25) is 0 Å². The molecule has 0 atom stereocenters. The normalized spacial score (nSPS) is 14.3. The number of rotatable bonds is 11. The predicted octanol–water partition coefficient (Wildman–Crippen LogP) is 3.18. The van der Waals surface area contributed by atoms with Crippen LogP contribution in [0.3, 0.4) is 0 Å². The third-order valence-electron chi connectivity index (χ3n) is 4.92. The summed E-state index contributed by atoms with van der Waals surface area (Å²) in [5.74, 6) is 1.19. The summed E-state index contributed by atoms with van der Waals surface area (Å²) in [6.07, 6.45) is 4.06. The number of allylic oxidation sites excluding steroid dienone is 1. The van der Waals surface area contributed by atoms with E-state index in [1.165, 1.54) is 0 Å². The topological polar surface area (TPSA) is 72.4 Å². The van der Waals surface area contributed by atoms with Gasteiger partial charge in [-0.2, -0.15) is 5.10 Å². The van der Waals surface area contributed by atoms with Gasteiger partial charge in [-0.25, -0.2) is 5.43 Å². The van der Waals surface area contributed by atoms with Crippen LogP contribution in [0, 0.1) is 0 Å². The largest absolute Gasteiger partial charge is 0.490 e. The molecule has 1 N–H and O–H groups in total. The molecule has 0 saturated carbocycles. The Morgan fingerprint density at radius 3 is 2.72 bits per heavy atom. The number of nitrogens with one attached hydrogen (secondary N) is 1. The van der Waals surface area contributed by atoms with E-state index in [9.17, 15) is 4.79 Å². The highest BCUT2D eigenvalue weighted by Gasteiger charge is 2.15. The fraction of sp³-hybridized carbons (Fsp3) is 0.360. The van der Waals surface area contributed by atoms with Crippen LogP contribution in [0.15, 0.2) is 60.2 Å². The lowest BCUT2D eigenvalue weighted by Gasteiger charge is -2.25. The number of amides is 1. The van der Waals surface area contributed by atoms with E-state index in [0.717, 1.165) is 29.8 Å². The molecule has 170 valence electrons. The predicted molar refractivity (Wildman–Crippen MR) is 125 cm³/mol. The molecule has 3 rings (SSSR count). The zero-order valence-electron chi connectivity index (χ0n) is 18.6. The van der Waals surface area contributed by atoms with Gasteiger partial charge in [-0.3, -0.25) is 9.69 Å². The van der Waals surface area contributed by atoms with Gasteiger partial charge in [0.25, 0.3) is 5.91 Å². The fourth-order valence-electron chi connectivity index (χ4n) is 3.40. The average Bonchev–Trinajstić information content (AvgIpc) is 2.80. The van der Waals surface area contributed by atoms with Gasteiger partial charge in [0.1, 0.15) is 6.61 Å². The molecule has 1 amide bonds. The number of ether oxygens (including phenoxy) is 3. The van der Waals surface area contributed by atoms with Gasteiger partial charge in [0.05, 0.1) is 32.6 Å². The first-order valence-corrected chi connectivity index (χ1v) is 10.9. The molecule has 0 bridgehead atoms. The lowest BCUT2D eigenvalue weighted by Crippen LogP contribution is -2.42. The van der Waals surface area contributed by atoms with Gasteiger partial charge in [-0.15, -0.1) is 6.58 Å². The molecule has 1 saturated heterocycles. The van der Waals surface area contributed by atoms with Crippen molar-refractivity contribution in [3.05, 3.63) is 71.8 Å². The minimum Gasteiger partial charge on any atom is -0.490 e. The SMILES string of the molecule is C=CCc1cc(C=NNC(=O)CN2CCOCC2)cc(OCC)c1OCc1ccccc1. The molecule has 0 aromatic heterocycles. The van der Waals surface area contributed by atoms with Crippen LogP contribution in [0.1, 0.15) is 23.6 Å². The van der Waals surface area contributed by atoms with Gasteiger partial charge in [0.2, 0.25) is 0 Å². The van der Waals surface area contributed by atoms with Gasteiger partial charge < -0.3 is 14.2 Å². The van der Waals surface area contributed by atoms with Crippen LogP contribution >= 0.6 is 0 Å². The molecule has 1 aliphatic heterocycles. The van der Waals surface area contributed by atoms with Crippen molar-refractivity contribution in [1.29, 1.82) is 0 Å².